The van der Waals surface area contributed by atoms with Gasteiger partial charge in [-0.3, -0.25) is 4.79 Å². The minimum absolute atomic E-state index is 0.0111. The monoisotopic (exact) mass is 345 g/mol. The van der Waals surface area contributed by atoms with Crippen LogP contribution in [0.4, 0.5) is 0 Å². The molecule has 0 amide bonds. The zero-order chi connectivity index (χ0) is 18.8. The SMILES string of the molecule is CC(C)(C)C(=O)C(C)(C)COC(=O)c1ccc(-c2ccon2)c(O)c1. The van der Waals surface area contributed by atoms with Crippen LogP contribution in [0.25, 0.3) is 11.3 Å². The largest absolute Gasteiger partial charge is 0.507 e. The number of hydrogen-bond donors (Lipinski definition) is 1. The Bertz CT molecular complexity index is 770. The number of rotatable bonds is 5. The van der Waals surface area contributed by atoms with Crippen molar-refractivity contribution in [2.24, 2.45) is 10.8 Å². The van der Waals surface area contributed by atoms with Crippen molar-refractivity contribution >= 4 is 11.8 Å². The second-order valence-corrected chi connectivity index (χ2v) is 7.66. The highest BCUT2D eigenvalue weighted by molar-refractivity contribution is 5.92. The van der Waals surface area contributed by atoms with Gasteiger partial charge in [-0.25, -0.2) is 4.79 Å². The molecule has 0 fully saturated rings. The molecule has 1 N–H and O–H groups in total. The molecule has 1 aromatic carbocycles. The van der Waals surface area contributed by atoms with E-state index >= 15 is 0 Å². The normalized spacial score (nSPS) is 12.0. The number of hydrogen-bond acceptors (Lipinski definition) is 6. The Balaban J connectivity index is 2.09. The molecule has 2 aromatic rings. The minimum Gasteiger partial charge on any atom is -0.507 e. The number of ether oxygens (including phenoxy) is 1. The second kappa shape index (κ2) is 6.70. The zero-order valence-corrected chi connectivity index (χ0v) is 15.1. The molecule has 0 aliphatic rings. The quantitative estimate of drug-likeness (QED) is 0.828. The lowest BCUT2D eigenvalue weighted by Crippen LogP contribution is -2.38. The van der Waals surface area contributed by atoms with Crippen molar-refractivity contribution in [1.29, 1.82) is 0 Å². The molecule has 6 nitrogen and oxygen atoms in total. The van der Waals surface area contributed by atoms with Gasteiger partial charge in [0, 0.05) is 17.0 Å². The minimum atomic E-state index is -0.795. The Morgan fingerprint density at radius 3 is 2.36 bits per heavy atom. The maximum Gasteiger partial charge on any atom is 0.338 e. The molecule has 134 valence electrons. The lowest BCUT2D eigenvalue weighted by Gasteiger charge is -2.30. The number of aromatic hydroxyl groups is 1. The molecule has 6 heteroatoms. The third-order valence-corrected chi connectivity index (χ3v) is 3.81. The summed E-state index contributed by atoms with van der Waals surface area (Å²) in [4.78, 5) is 24.7. The van der Waals surface area contributed by atoms with E-state index in [2.05, 4.69) is 5.16 Å². The van der Waals surface area contributed by atoms with Crippen LogP contribution in [0.5, 0.6) is 5.75 Å². The number of carbonyl (C=O) groups excluding carboxylic acids is 2. The summed E-state index contributed by atoms with van der Waals surface area (Å²) in [5, 5.41) is 13.8. The third kappa shape index (κ3) is 4.26. The Morgan fingerprint density at radius 1 is 1.16 bits per heavy atom. The van der Waals surface area contributed by atoms with Gasteiger partial charge in [0.2, 0.25) is 0 Å². The van der Waals surface area contributed by atoms with Crippen molar-refractivity contribution in [3.63, 3.8) is 0 Å². The number of ketones is 1. The van der Waals surface area contributed by atoms with E-state index in [-0.39, 0.29) is 23.7 Å². The van der Waals surface area contributed by atoms with E-state index in [1.807, 2.05) is 20.8 Å². The van der Waals surface area contributed by atoms with E-state index in [0.29, 0.717) is 11.3 Å². The number of benzene rings is 1. The van der Waals surface area contributed by atoms with Crippen molar-refractivity contribution in [1.82, 2.24) is 5.16 Å². The van der Waals surface area contributed by atoms with Crippen LogP contribution in [0.3, 0.4) is 0 Å². The number of esters is 1. The van der Waals surface area contributed by atoms with Crippen molar-refractivity contribution in [2.75, 3.05) is 6.61 Å². The first-order valence-corrected chi connectivity index (χ1v) is 7.98. The lowest BCUT2D eigenvalue weighted by atomic mass is 9.75. The van der Waals surface area contributed by atoms with E-state index in [0.717, 1.165) is 0 Å². The summed E-state index contributed by atoms with van der Waals surface area (Å²) in [6.45, 7) is 8.96. The van der Waals surface area contributed by atoms with Crippen molar-refractivity contribution in [3.8, 4) is 17.0 Å². The molecule has 0 bridgehead atoms. The molecule has 0 saturated heterocycles. The van der Waals surface area contributed by atoms with Gasteiger partial charge in [0.25, 0.3) is 0 Å². The molecule has 0 aliphatic carbocycles. The molecular weight excluding hydrogens is 322 g/mol. The standard InChI is InChI=1S/C19H23NO5/c1-18(2,3)17(23)19(4,5)11-24-16(22)12-6-7-13(15(21)10-12)14-8-9-25-20-14/h6-10,21H,11H2,1-5H3. The van der Waals surface area contributed by atoms with E-state index in [4.69, 9.17) is 9.26 Å². The smallest absolute Gasteiger partial charge is 0.338 e. The molecule has 1 heterocycles. The highest BCUT2D eigenvalue weighted by atomic mass is 16.5. The van der Waals surface area contributed by atoms with Gasteiger partial charge in [0.1, 0.15) is 30.1 Å². The molecule has 2 rings (SSSR count). The summed E-state index contributed by atoms with van der Waals surface area (Å²) >= 11 is 0. The van der Waals surface area contributed by atoms with E-state index in [9.17, 15) is 14.7 Å². The van der Waals surface area contributed by atoms with Crippen molar-refractivity contribution in [3.05, 3.63) is 36.1 Å². The van der Waals surface area contributed by atoms with Gasteiger partial charge in [-0.1, -0.05) is 25.9 Å². The number of phenols is 1. The number of nitrogens with zero attached hydrogens (tertiary/aromatic N) is 1. The zero-order valence-electron chi connectivity index (χ0n) is 15.1. The fraction of sp³-hybridized carbons (Fsp3) is 0.421. The van der Waals surface area contributed by atoms with Gasteiger partial charge in [0.05, 0.1) is 11.0 Å². The topological polar surface area (TPSA) is 89.6 Å². The van der Waals surface area contributed by atoms with Crippen LogP contribution < -0.4 is 0 Å². The summed E-state index contributed by atoms with van der Waals surface area (Å²) in [7, 11) is 0. The predicted molar refractivity (Wildman–Crippen MR) is 92.1 cm³/mol. The summed E-state index contributed by atoms with van der Waals surface area (Å²) in [5.74, 6) is -0.692. The fourth-order valence-electron chi connectivity index (χ4n) is 2.64. The number of carbonyl (C=O) groups is 2. The molecule has 0 atom stereocenters. The van der Waals surface area contributed by atoms with E-state index in [1.54, 1.807) is 26.0 Å². The second-order valence-electron chi connectivity index (χ2n) is 7.66. The number of phenolic OH excluding ortho intramolecular Hbond substituents is 1. The molecule has 1 aromatic heterocycles. The molecular formula is C19H23NO5. The summed E-state index contributed by atoms with van der Waals surface area (Å²) in [6.07, 6.45) is 1.39. The fourth-order valence-corrected chi connectivity index (χ4v) is 2.64. The number of Topliss-reactive ketones (excluding diaryl/α,β-unsaturated/α-hetero) is 1. The van der Waals surface area contributed by atoms with Crippen LogP contribution >= 0.6 is 0 Å². The Morgan fingerprint density at radius 2 is 1.84 bits per heavy atom. The Kier molecular flexibility index (Phi) is 5.02. The third-order valence-electron chi connectivity index (χ3n) is 3.81. The first-order chi connectivity index (χ1) is 11.5. The molecule has 0 aliphatic heterocycles. The van der Waals surface area contributed by atoms with Gasteiger partial charge in [-0.2, -0.15) is 0 Å². The molecule has 0 saturated carbocycles. The van der Waals surface area contributed by atoms with Crippen LogP contribution in [0.15, 0.2) is 35.1 Å². The van der Waals surface area contributed by atoms with Crippen molar-refractivity contribution in [2.45, 2.75) is 34.6 Å². The van der Waals surface area contributed by atoms with Gasteiger partial charge >= 0.3 is 5.97 Å². The molecule has 0 radical (unpaired) electrons. The molecule has 0 unspecified atom stereocenters. The average molecular weight is 345 g/mol. The van der Waals surface area contributed by atoms with Crippen LogP contribution in [-0.4, -0.2) is 28.6 Å². The van der Waals surface area contributed by atoms with Gasteiger partial charge in [-0.15, -0.1) is 0 Å². The maximum absolute atomic E-state index is 12.4. The molecule has 25 heavy (non-hydrogen) atoms. The Labute approximate surface area is 146 Å². The first-order valence-electron chi connectivity index (χ1n) is 7.98. The lowest BCUT2D eigenvalue weighted by molar-refractivity contribution is -0.137. The highest BCUT2D eigenvalue weighted by Crippen LogP contribution is 2.31. The van der Waals surface area contributed by atoms with E-state index in [1.165, 1.54) is 18.4 Å². The maximum atomic E-state index is 12.4. The number of aromatic nitrogens is 1. The molecule has 0 spiro atoms. The van der Waals surface area contributed by atoms with Crippen LogP contribution in [-0.2, 0) is 9.53 Å². The summed E-state index contributed by atoms with van der Waals surface area (Å²) in [5.41, 5.74) is -0.198. The summed E-state index contributed by atoms with van der Waals surface area (Å²) in [6, 6.07) is 6.01. The first kappa shape index (κ1) is 18.7. The van der Waals surface area contributed by atoms with Crippen molar-refractivity contribution < 1.29 is 24.0 Å². The van der Waals surface area contributed by atoms with Gasteiger partial charge in [-0.05, 0) is 32.0 Å². The van der Waals surface area contributed by atoms with Crippen LogP contribution in [0.2, 0.25) is 0 Å². The average Bonchev–Trinajstić information content (AvgIpc) is 3.05. The Hall–Kier alpha value is -2.63. The van der Waals surface area contributed by atoms with Crippen LogP contribution in [0.1, 0.15) is 45.0 Å². The summed E-state index contributed by atoms with van der Waals surface area (Å²) < 4.78 is 10.0. The highest BCUT2D eigenvalue weighted by Gasteiger charge is 2.37. The van der Waals surface area contributed by atoms with Gasteiger partial charge < -0.3 is 14.4 Å². The van der Waals surface area contributed by atoms with Crippen LogP contribution in [0, 0.1) is 10.8 Å². The predicted octanol–water partition coefficient (Wildman–Crippen LogP) is 3.85. The van der Waals surface area contributed by atoms with E-state index < -0.39 is 16.8 Å². The van der Waals surface area contributed by atoms with Gasteiger partial charge in [0.15, 0.2) is 0 Å².